The maximum Gasteiger partial charge on any atom is 0.220 e. The summed E-state index contributed by atoms with van der Waals surface area (Å²) in [5, 5.41) is 3.14. The van der Waals surface area contributed by atoms with Crippen molar-refractivity contribution in [1.82, 2.24) is 5.32 Å². The molecule has 3 nitrogen and oxygen atoms in total. The summed E-state index contributed by atoms with van der Waals surface area (Å²) in [6.07, 6.45) is 6.50. The van der Waals surface area contributed by atoms with E-state index in [1.54, 1.807) is 0 Å². The van der Waals surface area contributed by atoms with E-state index in [2.05, 4.69) is 18.8 Å². The van der Waals surface area contributed by atoms with Crippen LogP contribution in [-0.4, -0.2) is 18.6 Å². The Bertz CT molecular complexity index is 483. The second-order valence-electron chi connectivity index (χ2n) is 6.08. The van der Waals surface area contributed by atoms with Crippen LogP contribution in [0.5, 0.6) is 5.75 Å². The van der Waals surface area contributed by atoms with Crippen LogP contribution in [0.15, 0.2) is 36.4 Å². The fourth-order valence-corrected chi connectivity index (χ4v) is 2.70. The second-order valence-corrected chi connectivity index (χ2v) is 6.08. The number of hydrogen-bond donors (Lipinski definition) is 1. The average Bonchev–Trinajstić information content (AvgIpc) is 2.54. The van der Waals surface area contributed by atoms with Gasteiger partial charge in [-0.15, -0.1) is 0 Å². The van der Waals surface area contributed by atoms with Crippen molar-refractivity contribution in [3.05, 3.63) is 42.0 Å². The van der Waals surface area contributed by atoms with Crippen molar-refractivity contribution in [1.29, 1.82) is 0 Å². The van der Waals surface area contributed by atoms with Crippen molar-refractivity contribution in [3.8, 4) is 5.75 Å². The topological polar surface area (TPSA) is 38.3 Å². The molecule has 22 heavy (non-hydrogen) atoms. The van der Waals surface area contributed by atoms with Crippen LogP contribution in [0, 0.1) is 0 Å². The van der Waals surface area contributed by atoms with Gasteiger partial charge in [-0.3, -0.25) is 4.79 Å². The van der Waals surface area contributed by atoms with E-state index in [0.717, 1.165) is 50.9 Å². The van der Waals surface area contributed by atoms with Gasteiger partial charge in [0.05, 0.1) is 6.61 Å². The number of hydrogen-bond acceptors (Lipinski definition) is 2. The van der Waals surface area contributed by atoms with Gasteiger partial charge in [-0.05, 0) is 56.2 Å². The highest BCUT2D eigenvalue weighted by atomic mass is 16.5. The molecule has 1 aliphatic carbocycles. The van der Waals surface area contributed by atoms with Crippen molar-refractivity contribution in [2.45, 2.75) is 57.9 Å². The highest BCUT2D eigenvalue weighted by Crippen LogP contribution is 2.21. The first-order valence-corrected chi connectivity index (χ1v) is 8.35. The molecule has 3 heteroatoms. The average molecular weight is 301 g/mol. The van der Waals surface area contributed by atoms with Crippen LogP contribution < -0.4 is 10.1 Å². The largest absolute Gasteiger partial charge is 0.494 e. The third-order valence-electron chi connectivity index (χ3n) is 4.09. The number of rotatable bonds is 7. The lowest BCUT2D eigenvalue weighted by Gasteiger charge is -2.24. The molecule has 0 bridgehead atoms. The number of carbonyl (C=O) groups is 1. The zero-order chi connectivity index (χ0) is 15.8. The smallest absolute Gasteiger partial charge is 0.220 e. The highest BCUT2D eigenvalue weighted by molar-refractivity contribution is 5.76. The summed E-state index contributed by atoms with van der Waals surface area (Å²) >= 11 is 0. The van der Waals surface area contributed by atoms with Gasteiger partial charge in [-0.2, -0.15) is 0 Å². The quantitative estimate of drug-likeness (QED) is 0.772. The predicted molar refractivity (Wildman–Crippen MR) is 90.1 cm³/mol. The number of ether oxygens (including phenoxy) is 1. The van der Waals surface area contributed by atoms with Crippen molar-refractivity contribution in [3.63, 3.8) is 0 Å². The lowest BCUT2D eigenvalue weighted by molar-refractivity contribution is -0.121. The SMILES string of the molecule is C=C1CCC(NC(=O)CCc2ccc(OCCC)cc2)CC1. The summed E-state index contributed by atoms with van der Waals surface area (Å²) in [6.45, 7) is 6.84. The molecule has 0 atom stereocenters. The number of benzene rings is 1. The molecule has 0 saturated heterocycles. The normalized spacial score (nSPS) is 15.6. The van der Waals surface area contributed by atoms with E-state index in [0.29, 0.717) is 12.5 Å². The lowest BCUT2D eigenvalue weighted by atomic mass is 9.92. The highest BCUT2D eigenvalue weighted by Gasteiger charge is 2.17. The zero-order valence-corrected chi connectivity index (χ0v) is 13.6. The van der Waals surface area contributed by atoms with Crippen LogP contribution in [0.4, 0.5) is 0 Å². The molecule has 1 amide bonds. The maximum atomic E-state index is 12.0. The van der Waals surface area contributed by atoms with Gasteiger partial charge in [-0.25, -0.2) is 0 Å². The summed E-state index contributed by atoms with van der Waals surface area (Å²) in [6, 6.07) is 8.39. The van der Waals surface area contributed by atoms with Gasteiger partial charge in [0.15, 0.2) is 0 Å². The minimum Gasteiger partial charge on any atom is -0.494 e. The lowest BCUT2D eigenvalue weighted by Crippen LogP contribution is -2.36. The monoisotopic (exact) mass is 301 g/mol. The number of carbonyl (C=O) groups excluding carboxylic acids is 1. The number of amides is 1. The van der Waals surface area contributed by atoms with Crippen LogP contribution in [0.2, 0.25) is 0 Å². The Morgan fingerprint density at radius 3 is 2.59 bits per heavy atom. The second kappa shape index (κ2) is 8.62. The van der Waals surface area contributed by atoms with Gasteiger partial charge < -0.3 is 10.1 Å². The molecule has 1 fully saturated rings. The van der Waals surface area contributed by atoms with E-state index in [1.165, 1.54) is 11.1 Å². The van der Waals surface area contributed by atoms with Crippen molar-refractivity contribution in [2.75, 3.05) is 6.61 Å². The first-order chi connectivity index (χ1) is 10.7. The first-order valence-electron chi connectivity index (χ1n) is 8.35. The van der Waals surface area contributed by atoms with Crippen LogP contribution in [-0.2, 0) is 11.2 Å². The van der Waals surface area contributed by atoms with Crippen molar-refractivity contribution < 1.29 is 9.53 Å². The van der Waals surface area contributed by atoms with Crippen LogP contribution >= 0.6 is 0 Å². The van der Waals surface area contributed by atoms with Gasteiger partial charge in [-0.1, -0.05) is 31.2 Å². The van der Waals surface area contributed by atoms with E-state index in [9.17, 15) is 4.79 Å². The Morgan fingerprint density at radius 1 is 1.27 bits per heavy atom. The van der Waals surface area contributed by atoms with Crippen molar-refractivity contribution >= 4 is 5.91 Å². The van der Waals surface area contributed by atoms with Gasteiger partial charge >= 0.3 is 0 Å². The molecule has 0 aromatic heterocycles. The van der Waals surface area contributed by atoms with E-state index in [-0.39, 0.29) is 5.91 Å². The fraction of sp³-hybridized carbons (Fsp3) is 0.526. The summed E-state index contributed by atoms with van der Waals surface area (Å²) in [5.41, 5.74) is 2.49. The molecule has 0 heterocycles. The van der Waals surface area contributed by atoms with Crippen LogP contribution in [0.3, 0.4) is 0 Å². The van der Waals surface area contributed by atoms with E-state index in [1.807, 2.05) is 24.3 Å². The standard InChI is InChI=1S/C19H27NO2/c1-3-14-22-18-11-6-16(7-12-18)8-13-19(21)20-17-9-4-15(2)5-10-17/h6-7,11-12,17H,2-5,8-10,13-14H2,1H3,(H,20,21). The molecule has 1 N–H and O–H groups in total. The Kier molecular flexibility index (Phi) is 6.50. The fourth-order valence-electron chi connectivity index (χ4n) is 2.70. The zero-order valence-electron chi connectivity index (χ0n) is 13.6. The molecule has 0 unspecified atom stereocenters. The summed E-state index contributed by atoms with van der Waals surface area (Å²) in [7, 11) is 0. The molecule has 0 aliphatic heterocycles. The minimum atomic E-state index is 0.156. The maximum absolute atomic E-state index is 12.0. The number of aryl methyl sites for hydroxylation is 1. The Morgan fingerprint density at radius 2 is 1.95 bits per heavy atom. The molecule has 0 spiro atoms. The molecule has 120 valence electrons. The van der Waals surface area contributed by atoms with E-state index < -0.39 is 0 Å². The Hall–Kier alpha value is -1.77. The van der Waals surface area contributed by atoms with E-state index >= 15 is 0 Å². The third kappa shape index (κ3) is 5.55. The van der Waals surface area contributed by atoms with Gasteiger partial charge in [0, 0.05) is 12.5 Å². The van der Waals surface area contributed by atoms with E-state index in [4.69, 9.17) is 4.74 Å². The molecule has 1 aliphatic rings. The molecule has 2 rings (SSSR count). The number of nitrogens with one attached hydrogen (secondary N) is 1. The summed E-state index contributed by atoms with van der Waals surface area (Å²) < 4.78 is 5.56. The molecular formula is C19H27NO2. The van der Waals surface area contributed by atoms with Gasteiger partial charge in [0.2, 0.25) is 5.91 Å². The minimum absolute atomic E-state index is 0.156. The van der Waals surface area contributed by atoms with Crippen LogP contribution in [0.1, 0.15) is 51.0 Å². The summed E-state index contributed by atoms with van der Waals surface area (Å²) in [4.78, 5) is 12.0. The molecule has 1 aromatic carbocycles. The van der Waals surface area contributed by atoms with Gasteiger partial charge in [0.1, 0.15) is 5.75 Å². The predicted octanol–water partition coefficient (Wildman–Crippen LogP) is 4.02. The summed E-state index contributed by atoms with van der Waals surface area (Å²) in [5.74, 6) is 1.06. The Labute approximate surface area is 133 Å². The van der Waals surface area contributed by atoms with Gasteiger partial charge in [0.25, 0.3) is 0 Å². The van der Waals surface area contributed by atoms with Crippen molar-refractivity contribution in [2.24, 2.45) is 0 Å². The molecule has 0 radical (unpaired) electrons. The number of allylic oxidation sites excluding steroid dienone is 1. The third-order valence-corrected chi connectivity index (χ3v) is 4.09. The molecular weight excluding hydrogens is 274 g/mol. The van der Waals surface area contributed by atoms with Crippen LogP contribution in [0.25, 0.3) is 0 Å². The first kappa shape index (κ1) is 16.6. The molecule has 1 aromatic rings. The molecule has 1 saturated carbocycles. The Balaban J connectivity index is 1.70.